The zero-order valence-electron chi connectivity index (χ0n) is 6.42. The first kappa shape index (κ1) is 9.73. The highest BCUT2D eigenvalue weighted by Gasteiger charge is 2.11. The smallest absolute Gasteiger partial charge is 0.381 e. The summed E-state index contributed by atoms with van der Waals surface area (Å²) in [5.74, 6) is 3.22. The van der Waals surface area contributed by atoms with Gasteiger partial charge in [0.05, 0.1) is 5.54 Å². The Balaban J connectivity index is 4.24. The maximum atomic E-state index is 10.00. The van der Waals surface area contributed by atoms with Crippen LogP contribution in [-0.2, 0) is 4.79 Å². The van der Waals surface area contributed by atoms with Gasteiger partial charge in [0, 0.05) is 5.92 Å². The van der Waals surface area contributed by atoms with Crippen LogP contribution in [0.3, 0.4) is 0 Å². The van der Waals surface area contributed by atoms with Crippen molar-refractivity contribution in [3.05, 3.63) is 12.7 Å². The summed E-state index contributed by atoms with van der Waals surface area (Å²) in [5, 5.41) is 8.19. The molecule has 0 heterocycles. The third-order valence-electron chi connectivity index (χ3n) is 1.02. The van der Waals surface area contributed by atoms with E-state index >= 15 is 0 Å². The van der Waals surface area contributed by atoms with Gasteiger partial charge in [-0.25, -0.2) is 4.79 Å². The number of carbonyl (C=O) groups is 1. The van der Waals surface area contributed by atoms with Gasteiger partial charge in [-0.2, -0.15) is 0 Å². The molecule has 0 aromatic rings. The second-order valence-corrected chi connectivity index (χ2v) is 2.47. The number of carboxylic acid groups (broad SMARTS) is 1. The van der Waals surface area contributed by atoms with Gasteiger partial charge in [-0.05, 0) is 13.3 Å². The molecule has 0 fully saturated rings. The Labute approximate surface area is 65.9 Å². The van der Waals surface area contributed by atoms with Crippen molar-refractivity contribution in [3.63, 3.8) is 0 Å². The summed E-state index contributed by atoms with van der Waals surface area (Å²) in [6, 6.07) is 0. The molecule has 1 unspecified atom stereocenters. The first-order chi connectivity index (χ1) is 4.98. The molecule has 0 spiro atoms. The van der Waals surface area contributed by atoms with E-state index in [-0.39, 0.29) is 0 Å². The zero-order chi connectivity index (χ0) is 8.91. The highest BCUT2D eigenvalue weighted by Crippen LogP contribution is 2.02. The molecule has 3 heteroatoms. The molecule has 0 saturated carbocycles. The van der Waals surface area contributed by atoms with E-state index in [0.717, 1.165) is 0 Å². The summed E-state index contributed by atoms with van der Waals surface area (Å²) in [7, 11) is 0. The molecule has 11 heavy (non-hydrogen) atoms. The molecule has 0 rings (SSSR count). The number of hydrogen-bond acceptors (Lipinski definition) is 2. The summed E-state index contributed by atoms with van der Waals surface area (Å²) in [6.45, 7) is 5.14. The second kappa shape index (κ2) is 3.79. The third-order valence-corrected chi connectivity index (χ3v) is 1.02. The minimum Gasteiger partial charge on any atom is -0.472 e. The van der Waals surface area contributed by atoms with E-state index in [9.17, 15) is 4.79 Å². The van der Waals surface area contributed by atoms with Crippen LogP contribution in [-0.4, -0.2) is 16.6 Å². The van der Waals surface area contributed by atoms with Crippen molar-refractivity contribution in [2.75, 3.05) is 0 Å². The van der Waals surface area contributed by atoms with E-state index in [2.05, 4.69) is 12.5 Å². The summed E-state index contributed by atoms with van der Waals surface area (Å²) >= 11 is 0. The highest BCUT2D eigenvalue weighted by atomic mass is 16.4. The molecular weight excluding hydrogens is 142 g/mol. The normalized spacial score (nSPS) is 14.0. The topological polar surface area (TPSA) is 63.3 Å². The van der Waals surface area contributed by atoms with E-state index in [4.69, 9.17) is 10.8 Å². The lowest BCUT2D eigenvalue weighted by atomic mass is 10.0. The summed E-state index contributed by atoms with van der Waals surface area (Å²) in [5.41, 5.74) is 4.79. The zero-order valence-corrected chi connectivity index (χ0v) is 6.42. The average molecular weight is 153 g/mol. The molecule has 3 nitrogen and oxygen atoms in total. The Morgan fingerprint density at radius 3 is 2.82 bits per heavy atom. The van der Waals surface area contributed by atoms with Crippen LogP contribution in [0.15, 0.2) is 12.7 Å². The molecule has 0 saturated heterocycles. The summed E-state index contributed by atoms with van der Waals surface area (Å²) < 4.78 is 0. The Hall–Kier alpha value is -1.27. The third kappa shape index (κ3) is 5.19. The minimum atomic E-state index is -1.16. The Morgan fingerprint density at radius 1 is 1.91 bits per heavy atom. The van der Waals surface area contributed by atoms with Crippen molar-refractivity contribution in [2.45, 2.75) is 18.9 Å². The lowest BCUT2D eigenvalue weighted by Crippen LogP contribution is -2.33. The number of nitrogens with two attached hydrogens (primary N) is 1. The first-order valence-corrected chi connectivity index (χ1v) is 3.14. The molecule has 0 bridgehead atoms. The number of aliphatic carboxylic acids is 1. The quantitative estimate of drug-likeness (QED) is 0.445. The molecule has 0 aliphatic carbocycles. The van der Waals surface area contributed by atoms with Gasteiger partial charge in [-0.15, -0.1) is 6.58 Å². The van der Waals surface area contributed by atoms with Crippen LogP contribution in [0.4, 0.5) is 0 Å². The van der Waals surface area contributed by atoms with Crippen LogP contribution in [0.2, 0.25) is 0 Å². The van der Waals surface area contributed by atoms with Gasteiger partial charge in [0.2, 0.25) is 0 Å². The molecule has 0 aromatic carbocycles. The summed E-state index contributed by atoms with van der Waals surface area (Å²) in [4.78, 5) is 10.00. The monoisotopic (exact) mass is 153 g/mol. The van der Waals surface area contributed by atoms with Gasteiger partial charge in [0.25, 0.3) is 0 Å². The van der Waals surface area contributed by atoms with Crippen LogP contribution >= 0.6 is 0 Å². The predicted molar refractivity (Wildman–Crippen MR) is 42.8 cm³/mol. The highest BCUT2D eigenvalue weighted by molar-refractivity contribution is 5.86. The van der Waals surface area contributed by atoms with Crippen LogP contribution < -0.4 is 5.73 Å². The van der Waals surface area contributed by atoms with Crippen molar-refractivity contribution in [1.29, 1.82) is 0 Å². The number of rotatable bonds is 2. The lowest BCUT2D eigenvalue weighted by molar-refractivity contribution is -0.130. The SMILES string of the molecule is C=CCC(C)(N)C#CC(=O)O. The Bertz CT molecular complexity index is 220. The molecule has 0 aliphatic rings. The van der Waals surface area contributed by atoms with Crippen LogP contribution in [0.1, 0.15) is 13.3 Å². The average Bonchev–Trinajstić information content (AvgIpc) is 1.84. The van der Waals surface area contributed by atoms with Crippen molar-refractivity contribution < 1.29 is 9.90 Å². The predicted octanol–water partition coefficient (Wildman–Crippen LogP) is 0.368. The Morgan fingerprint density at radius 2 is 2.45 bits per heavy atom. The largest absolute Gasteiger partial charge is 0.472 e. The standard InChI is InChI=1S/C8H11NO2/c1-3-5-8(2,9)6-4-7(10)11/h3H,1,5,9H2,2H3,(H,10,11). The van der Waals surface area contributed by atoms with E-state index < -0.39 is 11.5 Å². The van der Waals surface area contributed by atoms with Crippen LogP contribution in [0, 0.1) is 11.8 Å². The van der Waals surface area contributed by atoms with Crippen molar-refractivity contribution in [3.8, 4) is 11.8 Å². The van der Waals surface area contributed by atoms with E-state index in [1.54, 1.807) is 13.0 Å². The van der Waals surface area contributed by atoms with E-state index in [1.165, 1.54) is 0 Å². The lowest BCUT2D eigenvalue weighted by Gasteiger charge is -2.13. The second-order valence-electron chi connectivity index (χ2n) is 2.47. The van der Waals surface area contributed by atoms with Crippen molar-refractivity contribution in [2.24, 2.45) is 5.73 Å². The minimum absolute atomic E-state index is 0.479. The summed E-state index contributed by atoms with van der Waals surface area (Å²) in [6.07, 6.45) is 2.09. The fraction of sp³-hybridized carbons (Fsp3) is 0.375. The molecule has 1 atom stereocenters. The molecular formula is C8H11NO2. The fourth-order valence-corrected chi connectivity index (χ4v) is 0.547. The Kier molecular flexibility index (Phi) is 3.35. The van der Waals surface area contributed by atoms with Crippen molar-refractivity contribution >= 4 is 5.97 Å². The molecule has 0 aromatic heterocycles. The van der Waals surface area contributed by atoms with Gasteiger partial charge in [-0.3, -0.25) is 0 Å². The van der Waals surface area contributed by atoms with Gasteiger partial charge in [-0.1, -0.05) is 12.0 Å². The van der Waals surface area contributed by atoms with Gasteiger partial charge in [0.15, 0.2) is 0 Å². The molecule has 0 aliphatic heterocycles. The van der Waals surface area contributed by atoms with Gasteiger partial charge >= 0.3 is 5.97 Å². The number of hydrogen-bond donors (Lipinski definition) is 2. The van der Waals surface area contributed by atoms with Gasteiger partial charge < -0.3 is 10.8 Å². The van der Waals surface area contributed by atoms with E-state index in [1.807, 2.05) is 5.92 Å². The molecule has 0 amide bonds. The van der Waals surface area contributed by atoms with Crippen LogP contribution in [0.5, 0.6) is 0 Å². The van der Waals surface area contributed by atoms with Crippen LogP contribution in [0.25, 0.3) is 0 Å². The molecule has 3 N–H and O–H groups in total. The van der Waals surface area contributed by atoms with Crippen molar-refractivity contribution in [1.82, 2.24) is 0 Å². The fourth-order valence-electron chi connectivity index (χ4n) is 0.547. The maximum absolute atomic E-state index is 10.00. The molecule has 0 radical (unpaired) electrons. The maximum Gasteiger partial charge on any atom is 0.381 e. The first-order valence-electron chi connectivity index (χ1n) is 3.14. The molecule has 60 valence electrons. The van der Waals surface area contributed by atoms with Gasteiger partial charge in [0.1, 0.15) is 0 Å². The van der Waals surface area contributed by atoms with E-state index in [0.29, 0.717) is 6.42 Å². The number of carboxylic acids is 1.